The zero-order chi connectivity index (χ0) is 10.1. The van der Waals surface area contributed by atoms with E-state index in [1.54, 1.807) is 26.0 Å². The predicted molar refractivity (Wildman–Crippen MR) is 49.8 cm³/mol. The van der Waals surface area contributed by atoms with Crippen molar-refractivity contribution in [3.63, 3.8) is 0 Å². The highest BCUT2D eigenvalue weighted by Gasteiger charge is 2.22. The molecule has 3 N–H and O–H groups in total. The molecule has 0 saturated carbocycles. The Morgan fingerprint density at radius 2 is 2.15 bits per heavy atom. The molecule has 0 aliphatic carbocycles. The Morgan fingerprint density at radius 3 is 2.69 bits per heavy atom. The van der Waals surface area contributed by atoms with Gasteiger partial charge in [-0.1, -0.05) is 12.1 Å². The van der Waals surface area contributed by atoms with Crippen molar-refractivity contribution in [3.8, 4) is 0 Å². The lowest BCUT2D eigenvalue weighted by Gasteiger charge is -2.24. The van der Waals surface area contributed by atoms with Gasteiger partial charge in [-0.25, -0.2) is 4.39 Å². The monoisotopic (exact) mass is 183 g/mol. The summed E-state index contributed by atoms with van der Waals surface area (Å²) in [4.78, 5) is 0. The lowest BCUT2D eigenvalue weighted by Crippen LogP contribution is -2.37. The van der Waals surface area contributed by atoms with Crippen LogP contribution in [0.15, 0.2) is 18.2 Å². The molecular formula is C10H14FNO. The van der Waals surface area contributed by atoms with Crippen LogP contribution in [0.2, 0.25) is 0 Å². The van der Waals surface area contributed by atoms with E-state index in [1.807, 2.05) is 0 Å². The Hall–Kier alpha value is -0.930. The van der Waals surface area contributed by atoms with E-state index >= 15 is 0 Å². The summed E-state index contributed by atoms with van der Waals surface area (Å²) >= 11 is 0. The third-order valence-corrected chi connectivity index (χ3v) is 2.21. The Labute approximate surface area is 77.2 Å². The topological polar surface area (TPSA) is 46.2 Å². The van der Waals surface area contributed by atoms with E-state index in [9.17, 15) is 4.39 Å². The quantitative estimate of drug-likeness (QED) is 0.726. The first kappa shape index (κ1) is 10.2. The molecule has 1 unspecified atom stereocenters. The Bertz CT molecular complexity index is 310. The summed E-state index contributed by atoms with van der Waals surface area (Å²) in [6.45, 7) is 3.14. The van der Waals surface area contributed by atoms with E-state index in [2.05, 4.69) is 0 Å². The normalized spacial score (nSPS) is 15.5. The molecule has 0 radical (unpaired) electrons. The zero-order valence-corrected chi connectivity index (χ0v) is 7.84. The fraction of sp³-hybridized carbons (Fsp3) is 0.400. The van der Waals surface area contributed by atoms with Gasteiger partial charge in [-0.15, -0.1) is 0 Å². The van der Waals surface area contributed by atoms with Crippen molar-refractivity contribution < 1.29 is 9.50 Å². The van der Waals surface area contributed by atoms with Gasteiger partial charge >= 0.3 is 0 Å². The minimum atomic E-state index is -0.869. The molecular weight excluding hydrogens is 169 g/mol. The second-order valence-corrected chi connectivity index (χ2v) is 3.49. The molecule has 0 aromatic heterocycles. The molecule has 13 heavy (non-hydrogen) atoms. The maximum absolute atomic E-state index is 13.1. The van der Waals surface area contributed by atoms with E-state index < -0.39 is 5.54 Å². The van der Waals surface area contributed by atoms with Crippen LogP contribution in [0.25, 0.3) is 0 Å². The molecule has 0 aliphatic rings. The SMILES string of the molecule is Cc1c(F)cccc1C(C)(N)CO. The minimum absolute atomic E-state index is 0.197. The van der Waals surface area contributed by atoms with E-state index in [4.69, 9.17) is 10.8 Å². The van der Waals surface area contributed by atoms with Gasteiger partial charge in [-0.2, -0.15) is 0 Å². The van der Waals surface area contributed by atoms with Crippen LogP contribution in [0.5, 0.6) is 0 Å². The van der Waals surface area contributed by atoms with Gasteiger partial charge in [0.05, 0.1) is 12.1 Å². The summed E-state index contributed by atoms with van der Waals surface area (Å²) in [5, 5.41) is 9.02. The van der Waals surface area contributed by atoms with Crippen LogP contribution in [-0.4, -0.2) is 11.7 Å². The summed E-state index contributed by atoms with van der Waals surface area (Å²) in [5.41, 5.74) is 6.07. The third kappa shape index (κ3) is 1.87. The molecule has 0 heterocycles. The fourth-order valence-corrected chi connectivity index (χ4v) is 1.31. The van der Waals surface area contributed by atoms with Gasteiger partial charge in [0.15, 0.2) is 0 Å². The van der Waals surface area contributed by atoms with Crippen LogP contribution < -0.4 is 5.73 Å². The number of rotatable bonds is 2. The van der Waals surface area contributed by atoms with Crippen LogP contribution in [0.1, 0.15) is 18.1 Å². The molecule has 1 atom stereocenters. The fourth-order valence-electron chi connectivity index (χ4n) is 1.31. The van der Waals surface area contributed by atoms with Crippen molar-refractivity contribution in [2.45, 2.75) is 19.4 Å². The number of aliphatic hydroxyl groups excluding tert-OH is 1. The first-order chi connectivity index (χ1) is 5.99. The maximum atomic E-state index is 13.1. The maximum Gasteiger partial charge on any atom is 0.126 e. The first-order valence-electron chi connectivity index (χ1n) is 4.14. The Morgan fingerprint density at radius 1 is 1.54 bits per heavy atom. The number of benzene rings is 1. The van der Waals surface area contributed by atoms with Crippen LogP contribution >= 0.6 is 0 Å². The molecule has 0 fully saturated rings. The number of aliphatic hydroxyl groups is 1. The van der Waals surface area contributed by atoms with Crippen LogP contribution in [-0.2, 0) is 5.54 Å². The lowest BCUT2D eigenvalue weighted by atomic mass is 9.90. The van der Waals surface area contributed by atoms with E-state index in [0.717, 1.165) is 0 Å². The molecule has 0 aliphatic heterocycles. The highest BCUT2D eigenvalue weighted by Crippen LogP contribution is 2.22. The van der Waals surface area contributed by atoms with E-state index in [-0.39, 0.29) is 12.4 Å². The lowest BCUT2D eigenvalue weighted by molar-refractivity contribution is 0.209. The summed E-state index contributed by atoms with van der Waals surface area (Å²) in [7, 11) is 0. The second-order valence-electron chi connectivity index (χ2n) is 3.49. The molecule has 0 spiro atoms. The Balaban J connectivity index is 3.22. The number of hydrogen-bond acceptors (Lipinski definition) is 2. The van der Waals surface area contributed by atoms with Gasteiger partial charge in [-0.3, -0.25) is 0 Å². The van der Waals surface area contributed by atoms with Crippen molar-refractivity contribution in [1.82, 2.24) is 0 Å². The number of nitrogens with two attached hydrogens (primary N) is 1. The van der Waals surface area contributed by atoms with Crippen molar-refractivity contribution in [2.24, 2.45) is 5.73 Å². The van der Waals surface area contributed by atoms with Gasteiger partial charge in [0.1, 0.15) is 5.82 Å². The standard InChI is InChI=1S/C10H14FNO/c1-7-8(10(2,12)6-13)4-3-5-9(7)11/h3-5,13H,6,12H2,1-2H3. The summed E-state index contributed by atoms with van der Waals surface area (Å²) in [5.74, 6) is -0.289. The first-order valence-corrected chi connectivity index (χ1v) is 4.14. The van der Waals surface area contributed by atoms with Crippen molar-refractivity contribution in [1.29, 1.82) is 0 Å². The van der Waals surface area contributed by atoms with Gasteiger partial charge in [0.2, 0.25) is 0 Å². The summed E-state index contributed by atoms with van der Waals surface area (Å²) in [6, 6.07) is 4.71. The second kappa shape index (κ2) is 3.44. The molecule has 3 heteroatoms. The molecule has 1 aromatic rings. The van der Waals surface area contributed by atoms with Gasteiger partial charge in [0, 0.05) is 0 Å². The van der Waals surface area contributed by atoms with Crippen LogP contribution in [0.3, 0.4) is 0 Å². The summed E-state index contributed by atoms with van der Waals surface area (Å²) < 4.78 is 13.1. The van der Waals surface area contributed by atoms with Crippen LogP contribution in [0, 0.1) is 12.7 Å². The average Bonchev–Trinajstić information content (AvgIpc) is 2.09. The molecule has 72 valence electrons. The number of halogens is 1. The summed E-state index contributed by atoms with van der Waals surface area (Å²) in [6.07, 6.45) is 0. The third-order valence-electron chi connectivity index (χ3n) is 2.21. The van der Waals surface area contributed by atoms with E-state index in [0.29, 0.717) is 11.1 Å². The van der Waals surface area contributed by atoms with Crippen molar-refractivity contribution in [2.75, 3.05) is 6.61 Å². The zero-order valence-electron chi connectivity index (χ0n) is 7.84. The molecule has 2 nitrogen and oxygen atoms in total. The molecule has 1 aromatic carbocycles. The smallest absolute Gasteiger partial charge is 0.126 e. The van der Waals surface area contributed by atoms with Gasteiger partial charge in [-0.05, 0) is 31.0 Å². The highest BCUT2D eigenvalue weighted by molar-refractivity contribution is 5.33. The van der Waals surface area contributed by atoms with Gasteiger partial charge in [0.25, 0.3) is 0 Å². The largest absolute Gasteiger partial charge is 0.394 e. The number of hydrogen-bond donors (Lipinski definition) is 2. The Kier molecular flexibility index (Phi) is 2.68. The van der Waals surface area contributed by atoms with E-state index in [1.165, 1.54) is 6.07 Å². The predicted octanol–water partition coefficient (Wildman–Crippen LogP) is 1.30. The van der Waals surface area contributed by atoms with Crippen molar-refractivity contribution >= 4 is 0 Å². The molecule has 0 saturated heterocycles. The molecule has 0 bridgehead atoms. The molecule has 0 amide bonds. The minimum Gasteiger partial charge on any atom is -0.394 e. The molecule has 1 rings (SSSR count). The van der Waals surface area contributed by atoms with Crippen molar-refractivity contribution in [3.05, 3.63) is 35.1 Å². The highest BCUT2D eigenvalue weighted by atomic mass is 19.1. The van der Waals surface area contributed by atoms with Gasteiger partial charge < -0.3 is 10.8 Å². The average molecular weight is 183 g/mol. The van der Waals surface area contributed by atoms with Crippen LogP contribution in [0.4, 0.5) is 4.39 Å².